The van der Waals surface area contributed by atoms with Gasteiger partial charge in [-0.3, -0.25) is 0 Å². The van der Waals surface area contributed by atoms with Crippen molar-refractivity contribution in [3.8, 4) is 0 Å². The van der Waals surface area contributed by atoms with Gasteiger partial charge in [0.25, 0.3) is 0 Å². The van der Waals surface area contributed by atoms with Crippen LogP contribution in [0.3, 0.4) is 0 Å². The van der Waals surface area contributed by atoms with Gasteiger partial charge in [0.15, 0.2) is 0 Å². The third-order valence-corrected chi connectivity index (χ3v) is 3.14. The number of thiophene rings is 1. The monoisotopic (exact) mass is 191 g/mol. The van der Waals surface area contributed by atoms with Crippen molar-refractivity contribution >= 4 is 21.4 Å². The zero-order chi connectivity index (χ0) is 9.47. The lowest BCUT2D eigenvalue weighted by atomic mass is 9.95. The van der Waals surface area contributed by atoms with Crippen LogP contribution >= 0.6 is 11.3 Å². The van der Waals surface area contributed by atoms with E-state index in [0.717, 1.165) is 0 Å². The Morgan fingerprint density at radius 1 is 1.23 bits per heavy atom. The molecule has 0 amide bonds. The van der Waals surface area contributed by atoms with E-state index in [0.29, 0.717) is 0 Å². The summed E-state index contributed by atoms with van der Waals surface area (Å²) in [6.07, 6.45) is 0. The molecule has 1 aromatic carbocycles. The maximum absolute atomic E-state index is 6.07. The van der Waals surface area contributed by atoms with Crippen LogP contribution in [0, 0.1) is 0 Å². The summed E-state index contributed by atoms with van der Waals surface area (Å²) in [6.45, 7) is 4.09. The highest BCUT2D eigenvalue weighted by atomic mass is 32.1. The maximum Gasteiger partial charge on any atom is 0.0366 e. The molecular formula is C11H13NS. The van der Waals surface area contributed by atoms with E-state index >= 15 is 0 Å². The third kappa shape index (κ3) is 1.47. The molecule has 0 spiro atoms. The van der Waals surface area contributed by atoms with Crippen molar-refractivity contribution in [2.45, 2.75) is 19.4 Å². The standard InChI is InChI=1S/C11H13NS/c1-11(2,12)9-7-13-10-6-4-3-5-8(9)10/h3-7H,12H2,1-2H3. The highest BCUT2D eigenvalue weighted by Crippen LogP contribution is 2.31. The van der Waals surface area contributed by atoms with E-state index in [9.17, 15) is 0 Å². The smallest absolute Gasteiger partial charge is 0.0366 e. The Hall–Kier alpha value is -0.860. The highest BCUT2D eigenvalue weighted by molar-refractivity contribution is 7.17. The first kappa shape index (κ1) is 8.73. The number of hydrogen-bond donors (Lipinski definition) is 1. The normalized spacial score (nSPS) is 12.2. The Bertz CT molecular complexity index is 423. The van der Waals surface area contributed by atoms with Gasteiger partial charge in [0, 0.05) is 10.2 Å². The van der Waals surface area contributed by atoms with Crippen LogP contribution in [0.25, 0.3) is 10.1 Å². The summed E-state index contributed by atoms with van der Waals surface area (Å²) >= 11 is 1.76. The number of fused-ring (bicyclic) bond motifs is 1. The fourth-order valence-corrected chi connectivity index (χ4v) is 2.61. The minimum atomic E-state index is -0.237. The van der Waals surface area contributed by atoms with E-state index in [1.165, 1.54) is 15.6 Å². The van der Waals surface area contributed by atoms with E-state index in [1.54, 1.807) is 11.3 Å². The Balaban J connectivity index is 2.72. The van der Waals surface area contributed by atoms with Crippen molar-refractivity contribution in [3.05, 3.63) is 35.2 Å². The molecule has 13 heavy (non-hydrogen) atoms. The van der Waals surface area contributed by atoms with Gasteiger partial charge in [0.05, 0.1) is 0 Å². The van der Waals surface area contributed by atoms with Gasteiger partial charge in [-0.2, -0.15) is 0 Å². The van der Waals surface area contributed by atoms with Gasteiger partial charge in [0.1, 0.15) is 0 Å². The topological polar surface area (TPSA) is 26.0 Å². The van der Waals surface area contributed by atoms with E-state index in [4.69, 9.17) is 5.73 Å². The SMILES string of the molecule is CC(C)(N)c1csc2ccccc12. The molecule has 1 nitrogen and oxygen atoms in total. The van der Waals surface area contributed by atoms with Crippen molar-refractivity contribution in [2.75, 3.05) is 0 Å². The van der Waals surface area contributed by atoms with Crippen LogP contribution in [0.15, 0.2) is 29.6 Å². The van der Waals surface area contributed by atoms with Crippen LogP contribution in [0.4, 0.5) is 0 Å². The molecule has 1 aromatic heterocycles. The summed E-state index contributed by atoms with van der Waals surface area (Å²) < 4.78 is 1.32. The molecule has 2 rings (SSSR count). The molecule has 0 aliphatic carbocycles. The maximum atomic E-state index is 6.07. The molecule has 0 bridgehead atoms. The second-order valence-electron chi connectivity index (χ2n) is 3.87. The quantitative estimate of drug-likeness (QED) is 0.736. The lowest BCUT2D eigenvalue weighted by molar-refractivity contribution is 0.561. The summed E-state index contributed by atoms with van der Waals surface area (Å²) in [7, 11) is 0. The fraction of sp³-hybridized carbons (Fsp3) is 0.273. The van der Waals surface area contributed by atoms with Crippen LogP contribution < -0.4 is 5.73 Å². The van der Waals surface area contributed by atoms with Gasteiger partial charge < -0.3 is 5.73 Å². The molecule has 0 saturated carbocycles. The number of hydrogen-bond acceptors (Lipinski definition) is 2. The van der Waals surface area contributed by atoms with Crippen molar-refractivity contribution in [1.82, 2.24) is 0 Å². The first-order valence-corrected chi connectivity index (χ1v) is 5.22. The van der Waals surface area contributed by atoms with E-state index in [-0.39, 0.29) is 5.54 Å². The number of nitrogens with two attached hydrogens (primary N) is 1. The van der Waals surface area contributed by atoms with Gasteiger partial charge >= 0.3 is 0 Å². The van der Waals surface area contributed by atoms with Crippen molar-refractivity contribution in [3.63, 3.8) is 0 Å². The Kier molecular flexibility index (Phi) is 1.90. The van der Waals surface area contributed by atoms with Gasteiger partial charge in [-0.1, -0.05) is 18.2 Å². The summed E-state index contributed by atoms with van der Waals surface area (Å²) in [5.41, 5.74) is 7.08. The second kappa shape index (κ2) is 2.82. The highest BCUT2D eigenvalue weighted by Gasteiger charge is 2.17. The predicted molar refractivity (Wildman–Crippen MR) is 59.0 cm³/mol. The summed E-state index contributed by atoms with van der Waals surface area (Å²) in [6, 6.07) is 8.39. The van der Waals surface area contributed by atoms with Crippen LogP contribution in [-0.2, 0) is 5.54 Å². The molecule has 0 atom stereocenters. The molecule has 0 aliphatic heterocycles. The molecule has 2 aromatic rings. The molecule has 68 valence electrons. The van der Waals surface area contributed by atoms with Crippen LogP contribution in [0.1, 0.15) is 19.4 Å². The second-order valence-corrected chi connectivity index (χ2v) is 4.78. The summed E-state index contributed by atoms with van der Waals surface area (Å²) in [5.74, 6) is 0. The lowest BCUT2D eigenvalue weighted by Crippen LogP contribution is -2.28. The Morgan fingerprint density at radius 3 is 2.62 bits per heavy atom. The molecular weight excluding hydrogens is 178 g/mol. The van der Waals surface area contributed by atoms with Crippen LogP contribution in [0.5, 0.6) is 0 Å². The van der Waals surface area contributed by atoms with Gasteiger partial charge in [-0.15, -0.1) is 11.3 Å². The first-order chi connectivity index (χ1) is 6.09. The third-order valence-electron chi connectivity index (χ3n) is 2.18. The molecule has 0 saturated heterocycles. The Morgan fingerprint density at radius 2 is 1.92 bits per heavy atom. The van der Waals surface area contributed by atoms with Gasteiger partial charge in [-0.25, -0.2) is 0 Å². The summed E-state index contributed by atoms with van der Waals surface area (Å²) in [4.78, 5) is 0. The molecule has 0 radical (unpaired) electrons. The van der Waals surface area contributed by atoms with Gasteiger partial charge in [0.2, 0.25) is 0 Å². The Labute approximate surface area is 82.2 Å². The van der Waals surface area contributed by atoms with E-state index in [2.05, 4.69) is 29.6 Å². The average Bonchev–Trinajstić information content (AvgIpc) is 2.45. The average molecular weight is 191 g/mol. The molecule has 2 N–H and O–H groups in total. The minimum absolute atomic E-state index is 0.237. The van der Waals surface area contributed by atoms with Gasteiger partial charge in [-0.05, 0) is 36.2 Å². The molecule has 2 heteroatoms. The summed E-state index contributed by atoms with van der Waals surface area (Å²) in [5, 5.41) is 3.45. The molecule has 1 heterocycles. The fourth-order valence-electron chi connectivity index (χ4n) is 1.48. The molecule has 0 unspecified atom stereocenters. The van der Waals surface area contributed by atoms with Crippen molar-refractivity contribution in [2.24, 2.45) is 5.73 Å². The molecule has 0 fully saturated rings. The van der Waals surface area contributed by atoms with Crippen LogP contribution in [-0.4, -0.2) is 0 Å². The minimum Gasteiger partial charge on any atom is -0.322 e. The predicted octanol–water partition coefficient (Wildman–Crippen LogP) is 3.10. The van der Waals surface area contributed by atoms with E-state index in [1.807, 2.05) is 13.8 Å². The zero-order valence-corrected chi connectivity index (χ0v) is 8.69. The largest absolute Gasteiger partial charge is 0.322 e. The number of benzene rings is 1. The zero-order valence-electron chi connectivity index (χ0n) is 7.87. The van der Waals surface area contributed by atoms with Crippen molar-refractivity contribution in [1.29, 1.82) is 0 Å². The first-order valence-electron chi connectivity index (χ1n) is 4.34. The van der Waals surface area contributed by atoms with E-state index < -0.39 is 0 Å². The molecule has 0 aliphatic rings. The lowest BCUT2D eigenvalue weighted by Gasteiger charge is -2.17. The van der Waals surface area contributed by atoms with Crippen LogP contribution in [0.2, 0.25) is 0 Å². The van der Waals surface area contributed by atoms with Crippen molar-refractivity contribution < 1.29 is 0 Å². The number of rotatable bonds is 1.